The molecule has 0 bridgehead atoms. The standard InChI is InChI=1S/C14H20ClN3/c1-11-9-17-7-3-2-4-13(17)10-18(11)14-6-5-12(15)8-16-14/h5-6,8,11,13H,2-4,7,9-10H2,1H3. The average molecular weight is 266 g/mol. The monoisotopic (exact) mass is 265 g/mol. The number of fused-ring (bicyclic) bond motifs is 1. The minimum Gasteiger partial charge on any atom is -0.351 e. The zero-order valence-electron chi connectivity index (χ0n) is 10.8. The van der Waals surface area contributed by atoms with Gasteiger partial charge in [-0.3, -0.25) is 4.90 Å². The van der Waals surface area contributed by atoms with Gasteiger partial charge in [0.05, 0.1) is 5.02 Å². The van der Waals surface area contributed by atoms with Crippen LogP contribution in [-0.2, 0) is 0 Å². The molecule has 0 N–H and O–H groups in total. The molecule has 2 atom stereocenters. The van der Waals surface area contributed by atoms with Crippen LogP contribution in [0.15, 0.2) is 18.3 Å². The van der Waals surface area contributed by atoms with Gasteiger partial charge in [0.1, 0.15) is 5.82 Å². The van der Waals surface area contributed by atoms with Crippen LogP contribution in [0.2, 0.25) is 5.02 Å². The number of nitrogens with zero attached hydrogens (tertiary/aromatic N) is 3. The van der Waals surface area contributed by atoms with Crippen LogP contribution >= 0.6 is 11.6 Å². The largest absolute Gasteiger partial charge is 0.351 e. The van der Waals surface area contributed by atoms with Crippen LogP contribution in [0.5, 0.6) is 0 Å². The van der Waals surface area contributed by atoms with Gasteiger partial charge in [0, 0.05) is 31.4 Å². The number of hydrogen-bond acceptors (Lipinski definition) is 3. The van der Waals surface area contributed by atoms with E-state index >= 15 is 0 Å². The average Bonchev–Trinajstić information content (AvgIpc) is 2.39. The second-order valence-corrected chi connectivity index (χ2v) is 5.92. The Morgan fingerprint density at radius 1 is 1.28 bits per heavy atom. The molecule has 18 heavy (non-hydrogen) atoms. The first kappa shape index (κ1) is 12.2. The van der Waals surface area contributed by atoms with Crippen molar-refractivity contribution < 1.29 is 0 Å². The van der Waals surface area contributed by atoms with Crippen LogP contribution < -0.4 is 4.90 Å². The van der Waals surface area contributed by atoms with Crippen molar-refractivity contribution in [2.24, 2.45) is 0 Å². The fraction of sp³-hybridized carbons (Fsp3) is 0.643. The van der Waals surface area contributed by atoms with Crippen molar-refractivity contribution in [1.82, 2.24) is 9.88 Å². The first-order valence-corrected chi connectivity index (χ1v) is 7.24. The Morgan fingerprint density at radius 2 is 2.17 bits per heavy atom. The first-order chi connectivity index (χ1) is 8.74. The van der Waals surface area contributed by atoms with E-state index in [0.717, 1.165) is 18.9 Å². The summed E-state index contributed by atoms with van der Waals surface area (Å²) in [5, 5.41) is 0.711. The van der Waals surface area contributed by atoms with Crippen molar-refractivity contribution >= 4 is 17.4 Å². The van der Waals surface area contributed by atoms with E-state index in [2.05, 4.69) is 21.7 Å². The lowest BCUT2D eigenvalue weighted by atomic mass is 9.97. The van der Waals surface area contributed by atoms with E-state index in [1.54, 1.807) is 6.20 Å². The van der Waals surface area contributed by atoms with Crippen LogP contribution in [0.3, 0.4) is 0 Å². The highest BCUT2D eigenvalue weighted by Crippen LogP contribution is 2.27. The highest BCUT2D eigenvalue weighted by Gasteiger charge is 2.33. The van der Waals surface area contributed by atoms with Crippen molar-refractivity contribution in [3.05, 3.63) is 23.4 Å². The molecule has 4 heteroatoms. The molecular weight excluding hydrogens is 246 g/mol. The maximum absolute atomic E-state index is 5.91. The molecule has 0 radical (unpaired) electrons. The minimum absolute atomic E-state index is 0.535. The molecule has 0 spiro atoms. The summed E-state index contributed by atoms with van der Waals surface area (Å²) < 4.78 is 0. The SMILES string of the molecule is CC1CN2CCCCC2CN1c1ccc(Cl)cn1. The van der Waals surface area contributed by atoms with Gasteiger partial charge < -0.3 is 4.90 Å². The highest BCUT2D eigenvalue weighted by atomic mass is 35.5. The molecule has 2 aliphatic heterocycles. The molecule has 0 saturated carbocycles. The summed E-state index contributed by atoms with van der Waals surface area (Å²) >= 11 is 5.91. The topological polar surface area (TPSA) is 19.4 Å². The number of piperidine rings is 1. The number of halogens is 1. The second kappa shape index (κ2) is 5.06. The Morgan fingerprint density at radius 3 is 2.94 bits per heavy atom. The van der Waals surface area contributed by atoms with Crippen LogP contribution in [0.1, 0.15) is 26.2 Å². The van der Waals surface area contributed by atoms with Crippen LogP contribution in [0, 0.1) is 0 Å². The summed E-state index contributed by atoms with van der Waals surface area (Å²) in [6.07, 6.45) is 5.81. The molecule has 3 nitrogen and oxygen atoms in total. The van der Waals surface area contributed by atoms with Crippen molar-refractivity contribution in [3.8, 4) is 0 Å². The summed E-state index contributed by atoms with van der Waals surface area (Å²) in [6.45, 7) is 5.84. The minimum atomic E-state index is 0.535. The molecule has 3 rings (SSSR count). The summed E-state index contributed by atoms with van der Waals surface area (Å²) in [5.41, 5.74) is 0. The third-order valence-electron chi connectivity index (χ3n) is 4.19. The fourth-order valence-electron chi connectivity index (χ4n) is 3.21. The summed E-state index contributed by atoms with van der Waals surface area (Å²) in [6, 6.07) is 5.22. The van der Waals surface area contributed by atoms with Crippen LogP contribution in [0.4, 0.5) is 5.82 Å². The van der Waals surface area contributed by atoms with Gasteiger partial charge in [0.15, 0.2) is 0 Å². The van der Waals surface area contributed by atoms with Gasteiger partial charge in [0.2, 0.25) is 0 Å². The van der Waals surface area contributed by atoms with E-state index in [1.807, 2.05) is 12.1 Å². The smallest absolute Gasteiger partial charge is 0.128 e. The Hall–Kier alpha value is -0.800. The van der Waals surface area contributed by atoms with E-state index < -0.39 is 0 Å². The predicted octanol–water partition coefficient (Wildman–Crippen LogP) is 2.80. The van der Waals surface area contributed by atoms with Gasteiger partial charge in [-0.25, -0.2) is 4.98 Å². The van der Waals surface area contributed by atoms with Crippen molar-refractivity contribution in [2.75, 3.05) is 24.5 Å². The lowest BCUT2D eigenvalue weighted by Crippen LogP contribution is -2.59. The van der Waals surface area contributed by atoms with E-state index in [4.69, 9.17) is 11.6 Å². The van der Waals surface area contributed by atoms with Gasteiger partial charge in [-0.05, 0) is 38.4 Å². The molecule has 3 heterocycles. The maximum Gasteiger partial charge on any atom is 0.128 e. The van der Waals surface area contributed by atoms with E-state index in [0.29, 0.717) is 17.1 Å². The zero-order valence-corrected chi connectivity index (χ0v) is 11.6. The van der Waals surface area contributed by atoms with Gasteiger partial charge in [-0.2, -0.15) is 0 Å². The summed E-state index contributed by atoms with van der Waals surface area (Å²) in [7, 11) is 0. The maximum atomic E-state index is 5.91. The Labute approximate surface area is 114 Å². The summed E-state index contributed by atoms with van der Waals surface area (Å²) in [5.74, 6) is 1.07. The Bertz CT molecular complexity index is 406. The number of hydrogen-bond donors (Lipinski definition) is 0. The third-order valence-corrected chi connectivity index (χ3v) is 4.42. The van der Waals surface area contributed by atoms with E-state index in [-0.39, 0.29) is 0 Å². The van der Waals surface area contributed by atoms with Gasteiger partial charge in [0.25, 0.3) is 0 Å². The van der Waals surface area contributed by atoms with Crippen molar-refractivity contribution in [1.29, 1.82) is 0 Å². The highest BCUT2D eigenvalue weighted by molar-refractivity contribution is 6.30. The third kappa shape index (κ3) is 2.34. The quantitative estimate of drug-likeness (QED) is 0.778. The van der Waals surface area contributed by atoms with Crippen LogP contribution in [-0.4, -0.2) is 41.6 Å². The van der Waals surface area contributed by atoms with Gasteiger partial charge >= 0.3 is 0 Å². The number of anilines is 1. The molecule has 98 valence electrons. The molecule has 1 aromatic rings. The van der Waals surface area contributed by atoms with Gasteiger partial charge in [-0.15, -0.1) is 0 Å². The molecule has 2 unspecified atom stereocenters. The molecule has 0 amide bonds. The predicted molar refractivity (Wildman–Crippen MR) is 75.3 cm³/mol. The molecule has 2 fully saturated rings. The summed E-state index contributed by atoms with van der Waals surface area (Å²) in [4.78, 5) is 9.55. The lowest BCUT2D eigenvalue weighted by molar-refractivity contribution is 0.115. The number of pyridine rings is 1. The molecular formula is C14H20ClN3. The van der Waals surface area contributed by atoms with Gasteiger partial charge in [-0.1, -0.05) is 18.0 Å². The first-order valence-electron chi connectivity index (χ1n) is 6.86. The van der Waals surface area contributed by atoms with E-state index in [1.165, 1.54) is 25.8 Å². The van der Waals surface area contributed by atoms with E-state index in [9.17, 15) is 0 Å². The normalized spacial score (nSPS) is 29.1. The molecule has 2 saturated heterocycles. The van der Waals surface area contributed by atoms with Crippen molar-refractivity contribution in [3.63, 3.8) is 0 Å². The van der Waals surface area contributed by atoms with Crippen LogP contribution in [0.25, 0.3) is 0 Å². The second-order valence-electron chi connectivity index (χ2n) is 5.48. The zero-order chi connectivity index (χ0) is 12.5. The van der Waals surface area contributed by atoms with Crippen molar-refractivity contribution in [2.45, 2.75) is 38.3 Å². The molecule has 1 aromatic heterocycles. The Balaban J connectivity index is 1.77. The Kier molecular flexibility index (Phi) is 3.44. The number of piperazine rings is 1. The lowest BCUT2D eigenvalue weighted by Gasteiger charge is -2.48. The molecule has 0 aliphatic carbocycles. The fourth-order valence-corrected chi connectivity index (χ4v) is 3.32. The molecule has 2 aliphatic rings. The molecule has 0 aromatic carbocycles. The number of rotatable bonds is 1. The number of aromatic nitrogens is 1.